The summed E-state index contributed by atoms with van der Waals surface area (Å²) in [4.78, 5) is 24.1. The molecule has 3 aromatic carbocycles. The van der Waals surface area contributed by atoms with Gasteiger partial charge in [0.2, 0.25) is 0 Å². The van der Waals surface area contributed by atoms with Crippen LogP contribution >= 0.6 is 11.6 Å². The Morgan fingerprint density at radius 1 is 0.975 bits per heavy atom. The van der Waals surface area contributed by atoms with Gasteiger partial charge >= 0.3 is 0 Å². The lowest BCUT2D eigenvalue weighted by atomic mass is 10.2. The summed E-state index contributed by atoms with van der Waals surface area (Å²) in [5.74, 6) is 0.335. The highest BCUT2D eigenvalue weighted by molar-refractivity contribution is 7.92. The molecule has 0 aliphatic carbocycles. The van der Waals surface area contributed by atoms with Gasteiger partial charge in [0.25, 0.3) is 15.9 Å². The quantitative estimate of drug-likeness (QED) is 0.247. The number of aromatic nitrogens is 2. The Morgan fingerprint density at radius 2 is 1.70 bits per heavy atom. The van der Waals surface area contributed by atoms with Crippen molar-refractivity contribution >= 4 is 55.9 Å². The van der Waals surface area contributed by atoms with Crippen molar-refractivity contribution in [3.05, 3.63) is 77.3 Å². The minimum absolute atomic E-state index is 0.0296. The van der Waals surface area contributed by atoms with E-state index in [1.165, 1.54) is 38.2 Å². The number of carbonyl (C=O) groups is 1. The summed E-state index contributed by atoms with van der Waals surface area (Å²) in [6.07, 6.45) is 2.35. The average Bonchev–Trinajstić information content (AvgIpc) is 3.48. The third-order valence-electron chi connectivity index (χ3n) is 6.55. The fourth-order valence-electron chi connectivity index (χ4n) is 4.44. The number of sulfonamides is 1. The molecule has 3 N–H and O–H groups in total. The number of nitrogens with one attached hydrogen (secondary N) is 3. The van der Waals surface area contributed by atoms with E-state index in [0.717, 1.165) is 19.6 Å². The van der Waals surface area contributed by atoms with Gasteiger partial charge in [0.1, 0.15) is 5.75 Å². The molecule has 0 radical (unpaired) electrons. The third kappa shape index (κ3) is 6.44. The van der Waals surface area contributed by atoms with Crippen LogP contribution < -0.4 is 20.1 Å². The first-order valence-corrected chi connectivity index (χ1v) is 14.7. The number of nitrogens with zero attached hydrogens (tertiary/aromatic N) is 3. The number of hydrogen-bond acceptors (Lipinski definition) is 8. The zero-order chi connectivity index (χ0) is 28.1. The number of anilines is 3. The number of ether oxygens (including phenoxy) is 1. The Morgan fingerprint density at radius 3 is 2.42 bits per heavy atom. The Kier molecular flexibility index (Phi) is 8.34. The molecule has 1 saturated heterocycles. The van der Waals surface area contributed by atoms with E-state index in [0.29, 0.717) is 34.0 Å². The van der Waals surface area contributed by atoms with Crippen molar-refractivity contribution in [1.82, 2.24) is 20.2 Å². The molecule has 1 aliphatic heterocycles. The Hall–Kier alpha value is -3.93. The molecular weight excluding hydrogens is 552 g/mol. The number of hydrogen-bond donors (Lipinski definition) is 3. The number of rotatable bonds is 10. The summed E-state index contributed by atoms with van der Waals surface area (Å²) in [5.41, 5.74) is 1.75. The maximum Gasteiger partial charge on any atom is 0.263 e. The van der Waals surface area contributed by atoms with E-state index < -0.39 is 10.0 Å². The van der Waals surface area contributed by atoms with Gasteiger partial charge in [-0.25, -0.2) is 18.4 Å². The number of halogens is 1. The molecule has 0 atom stereocenters. The average molecular weight is 581 g/mol. The first-order chi connectivity index (χ1) is 19.3. The highest BCUT2D eigenvalue weighted by atomic mass is 35.5. The molecule has 0 saturated carbocycles. The minimum atomic E-state index is -4.15. The molecule has 5 rings (SSSR count). The van der Waals surface area contributed by atoms with Crippen LogP contribution in [0.3, 0.4) is 0 Å². The number of carbonyl (C=O) groups excluding carboxylic acids is 1. The van der Waals surface area contributed by atoms with Crippen LogP contribution in [0.15, 0.2) is 71.6 Å². The van der Waals surface area contributed by atoms with Crippen molar-refractivity contribution in [2.24, 2.45) is 0 Å². The van der Waals surface area contributed by atoms with Crippen molar-refractivity contribution in [1.29, 1.82) is 0 Å². The molecule has 10 nitrogen and oxygen atoms in total. The maximum atomic E-state index is 13.5. The number of likely N-dealkylation sites (tertiary alicyclic amines) is 1. The number of benzene rings is 3. The summed E-state index contributed by atoms with van der Waals surface area (Å²) in [5, 5.41) is 6.33. The Balaban J connectivity index is 1.40. The van der Waals surface area contributed by atoms with Crippen LogP contribution in [-0.2, 0) is 10.0 Å². The van der Waals surface area contributed by atoms with E-state index in [1.54, 1.807) is 42.5 Å². The van der Waals surface area contributed by atoms with E-state index >= 15 is 0 Å². The molecule has 0 bridgehead atoms. The fourth-order valence-corrected chi connectivity index (χ4v) is 5.66. The van der Waals surface area contributed by atoms with Crippen LogP contribution in [-0.4, -0.2) is 62.5 Å². The predicted molar refractivity (Wildman–Crippen MR) is 156 cm³/mol. The lowest BCUT2D eigenvalue weighted by molar-refractivity contribution is 0.0949. The molecule has 4 aromatic rings. The van der Waals surface area contributed by atoms with Crippen molar-refractivity contribution in [2.45, 2.75) is 17.7 Å². The van der Waals surface area contributed by atoms with E-state index in [1.807, 2.05) is 6.07 Å². The van der Waals surface area contributed by atoms with Crippen LogP contribution in [0.2, 0.25) is 5.02 Å². The molecule has 1 aliphatic rings. The van der Waals surface area contributed by atoms with Crippen molar-refractivity contribution in [3.8, 4) is 5.75 Å². The number of fused-ring (bicyclic) bond motifs is 1. The third-order valence-corrected chi connectivity index (χ3v) is 8.21. The topological polar surface area (TPSA) is 126 Å². The second kappa shape index (κ2) is 12.1. The zero-order valence-electron chi connectivity index (χ0n) is 21.9. The van der Waals surface area contributed by atoms with E-state index in [2.05, 4.69) is 30.2 Å². The van der Waals surface area contributed by atoms with Gasteiger partial charge < -0.3 is 20.3 Å². The molecule has 0 unspecified atom stereocenters. The highest BCUT2D eigenvalue weighted by Crippen LogP contribution is 2.32. The molecule has 208 valence electrons. The monoisotopic (exact) mass is 580 g/mol. The lowest BCUT2D eigenvalue weighted by Crippen LogP contribution is -2.33. The molecule has 1 aromatic heterocycles. The van der Waals surface area contributed by atoms with E-state index in [9.17, 15) is 13.2 Å². The van der Waals surface area contributed by atoms with Gasteiger partial charge in [-0.3, -0.25) is 9.52 Å². The van der Waals surface area contributed by atoms with Gasteiger partial charge in [0, 0.05) is 24.7 Å². The van der Waals surface area contributed by atoms with Crippen LogP contribution in [0.4, 0.5) is 17.3 Å². The van der Waals surface area contributed by atoms with Crippen LogP contribution in [0.5, 0.6) is 5.75 Å². The first kappa shape index (κ1) is 27.6. The standard InChI is InChI=1S/C28H29ClN6O4S/c1-39-20-11-12-22(29)25(18-20)33-26-27(32-24-10-3-2-9-23(24)31-26)34-40(37,38)21-8-6-7-19(17-21)28(36)30-13-16-35-14-4-5-15-35/h2-3,6-12,17-18H,4-5,13-16H2,1H3,(H,30,36)(H,31,33)(H,32,34). The number of amides is 1. The summed E-state index contributed by atoms with van der Waals surface area (Å²) in [6.45, 7) is 3.32. The largest absolute Gasteiger partial charge is 0.497 e. The second-order valence-corrected chi connectivity index (χ2v) is 11.4. The summed E-state index contributed by atoms with van der Waals surface area (Å²) in [7, 11) is -2.62. The van der Waals surface area contributed by atoms with Gasteiger partial charge in [-0.1, -0.05) is 29.8 Å². The van der Waals surface area contributed by atoms with Crippen molar-refractivity contribution < 1.29 is 17.9 Å². The zero-order valence-corrected chi connectivity index (χ0v) is 23.4. The smallest absolute Gasteiger partial charge is 0.263 e. The van der Waals surface area contributed by atoms with Gasteiger partial charge in [0.15, 0.2) is 11.6 Å². The second-order valence-electron chi connectivity index (χ2n) is 9.32. The van der Waals surface area contributed by atoms with Gasteiger partial charge in [-0.05, 0) is 68.4 Å². The minimum Gasteiger partial charge on any atom is -0.497 e. The molecule has 40 heavy (non-hydrogen) atoms. The van der Waals surface area contributed by atoms with Gasteiger partial charge in [0.05, 0.1) is 33.7 Å². The fraction of sp³-hybridized carbons (Fsp3) is 0.250. The summed E-state index contributed by atoms with van der Waals surface area (Å²) < 4.78 is 34.8. The number of methoxy groups -OCH3 is 1. The van der Waals surface area contributed by atoms with Gasteiger partial charge in [-0.15, -0.1) is 0 Å². The Bertz CT molecular complexity index is 1640. The van der Waals surface area contributed by atoms with Gasteiger partial charge in [-0.2, -0.15) is 0 Å². The molecule has 1 fully saturated rings. The molecular formula is C28H29ClN6O4S. The molecule has 12 heteroatoms. The van der Waals surface area contributed by atoms with Crippen molar-refractivity contribution in [3.63, 3.8) is 0 Å². The first-order valence-electron chi connectivity index (χ1n) is 12.8. The SMILES string of the molecule is COc1ccc(Cl)c(Nc2nc3ccccc3nc2NS(=O)(=O)c2cccc(C(=O)NCCN3CCCC3)c2)c1. The molecule has 0 spiro atoms. The molecule has 1 amide bonds. The van der Waals surface area contributed by atoms with Crippen LogP contribution in [0.1, 0.15) is 23.2 Å². The Labute approximate surface area is 237 Å². The molecule has 2 heterocycles. The van der Waals surface area contributed by atoms with E-state index in [4.69, 9.17) is 16.3 Å². The predicted octanol–water partition coefficient (Wildman–Crippen LogP) is 4.66. The van der Waals surface area contributed by atoms with Crippen LogP contribution in [0.25, 0.3) is 11.0 Å². The van der Waals surface area contributed by atoms with Crippen molar-refractivity contribution in [2.75, 3.05) is 43.3 Å². The summed E-state index contributed by atoms with van der Waals surface area (Å²) in [6, 6.07) is 18.0. The maximum absolute atomic E-state index is 13.5. The van der Waals surface area contributed by atoms with E-state index in [-0.39, 0.29) is 28.0 Å². The summed E-state index contributed by atoms with van der Waals surface area (Å²) >= 11 is 6.38. The normalized spacial score (nSPS) is 13.8. The number of para-hydroxylation sites is 2. The van der Waals surface area contributed by atoms with Crippen LogP contribution in [0, 0.1) is 0 Å². The highest BCUT2D eigenvalue weighted by Gasteiger charge is 2.21. The lowest BCUT2D eigenvalue weighted by Gasteiger charge is -2.16.